The summed E-state index contributed by atoms with van der Waals surface area (Å²) in [5.41, 5.74) is 0. The maximum atomic E-state index is 4.29. The van der Waals surface area contributed by atoms with E-state index in [9.17, 15) is 0 Å². The van der Waals surface area contributed by atoms with Crippen molar-refractivity contribution in [3.8, 4) is 0 Å². The Morgan fingerprint density at radius 1 is 1.44 bits per heavy atom. The van der Waals surface area contributed by atoms with Crippen LogP contribution in [0.3, 0.4) is 0 Å². The number of hydrogen-bond acceptors (Lipinski definition) is 4. The summed E-state index contributed by atoms with van der Waals surface area (Å²) < 4.78 is 2.13. The highest BCUT2D eigenvalue weighted by Gasteiger charge is 2.00. The molecule has 0 saturated carbocycles. The van der Waals surface area contributed by atoms with Gasteiger partial charge in [0.1, 0.15) is 18.0 Å². The zero-order chi connectivity index (χ0) is 11.2. The van der Waals surface area contributed by atoms with E-state index in [2.05, 4.69) is 37.0 Å². The minimum Gasteiger partial charge on any atom is -0.334 e. The second kappa shape index (κ2) is 5.41. The molecule has 0 saturated heterocycles. The van der Waals surface area contributed by atoms with Crippen molar-refractivity contribution in [2.24, 2.45) is 0 Å². The summed E-state index contributed by atoms with van der Waals surface area (Å²) in [5, 5.41) is 9.96. The van der Waals surface area contributed by atoms with Crippen LogP contribution in [0.4, 0.5) is 0 Å². The van der Waals surface area contributed by atoms with Gasteiger partial charge in [0.15, 0.2) is 0 Å². The Morgan fingerprint density at radius 3 is 3.12 bits per heavy atom. The molecule has 0 atom stereocenters. The topological polar surface area (TPSA) is 71.4 Å². The number of aryl methyl sites for hydroxylation is 1. The van der Waals surface area contributed by atoms with Crippen LogP contribution in [-0.2, 0) is 19.5 Å². The highest BCUT2D eigenvalue weighted by Crippen LogP contribution is 1.96. The molecule has 0 aliphatic carbocycles. The van der Waals surface area contributed by atoms with Crippen molar-refractivity contribution in [3.63, 3.8) is 0 Å². The van der Waals surface area contributed by atoms with Gasteiger partial charge < -0.3 is 9.88 Å². The molecular formula is C10H16N6. The number of nitrogens with zero attached hydrogens (tertiary/aromatic N) is 4. The third-order valence-electron chi connectivity index (χ3n) is 2.43. The highest BCUT2D eigenvalue weighted by molar-refractivity contribution is 4.91. The summed E-state index contributed by atoms with van der Waals surface area (Å²) in [6, 6.07) is 0. The minimum absolute atomic E-state index is 0.787. The number of H-pyrrole nitrogens is 1. The molecule has 2 rings (SSSR count). The Bertz CT molecular complexity index is 405. The van der Waals surface area contributed by atoms with E-state index in [0.717, 1.165) is 37.7 Å². The first-order valence-corrected chi connectivity index (χ1v) is 5.45. The molecule has 16 heavy (non-hydrogen) atoms. The highest BCUT2D eigenvalue weighted by atomic mass is 15.2. The fourth-order valence-electron chi connectivity index (χ4n) is 1.55. The Morgan fingerprint density at radius 2 is 2.38 bits per heavy atom. The molecule has 0 fully saturated rings. The van der Waals surface area contributed by atoms with Gasteiger partial charge in [-0.15, -0.1) is 0 Å². The molecule has 2 aromatic rings. The minimum atomic E-state index is 0.787. The average molecular weight is 220 g/mol. The summed E-state index contributed by atoms with van der Waals surface area (Å²) >= 11 is 0. The maximum absolute atomic E-state index is 4.29. The number of rotatable bonds is 6. The van der Waals surface area contributed by atoms with Gasteiger partial charge in [-0.2, -0.15) is 5.10 Å². The van der Waals surface area contributed by atoms with Crippen LogP contribution in [0.5, 0.6) is 0 Å². The van der Waals surface area contributed by atoms with E-state index < -0.39 is 0 Å². The molecule has 0 amide bonds. The normalized spacial score (nSPS) is 10.8. The van der Waals surface area contributed by atoms with Crippen molar-refractivity contribution in [1.29, 1.82) is 0 Å². The van der Waals surface area contributed by atoms with Gasteiger partial charge in [0, 0.05) is 31.9 Å². The van der Waals surface area contributed by atoms with Gasteiger partial charge in [0.05, 0.1) is 6.54 Å². The van der Waals surface area contributed by atoms with E-state index in [1.54, 1.807) is 0 Å². The number of imidazole rings is 1. The van der Waals surface area contributed by atoms with Crippen LogP contribution in [-0.4, -0.2) is 31.3 Å². The zero-order valence-electron chi connectivity index (χ0n) is 9.35. The fourth-order valence-corrected chi connectivity index (χ4v) is 1.55. The van der Waals surface area contributed by atoms with Crippen LogP contribution in [0.1, 0.15) is 18.6 Å². The molecule has 0 unspecified atom stereocenters. The lowest BCUT2D eigenvalue weighted by atomic mass is 10.4. The molecule has 6 nitrogen and oxygen atoms in total. The maximum Gasteiger partial charge on any atom is 0.137 e. The van der Waals surface area contributed by atoms with E-state index in [0.29, 0.717) is 0 Å². The molecule has 0 spiro atoms. The third kappa shape index (κ3) is 2.66. The molecule has 2 N–H and O–H groups in total. The molecule has 0 aliphatic rings. The quantitative estimate of drug-likeness (QED) is 0.689. The van der Waals surface area contributed by atoms with Crippen LogP contribution in [0.15, 0.2) is 18.7 Å². The standard InChI is InChI=1S/C10H16N6/c1-2-16-6-5-12-10(16)7-11-4-3-9-13-8-14-15-9/h5-6,8,11H,2-4,7H2,1H3,(H,13,14,15). The molecule has 0 aliphatic heterocycles. The number of nitrogens with one attached hydrogen (secondary N) is 2. The van der Waals surface area contributed by atoms with Crippen LogP contribution < -0.4 is 5.32 Å². The first kappa shape index (κ1) is 10.8. The van der Waals surface area contributed by atoms with Crippen LogP contribution in [0.25, 0.3) is 0 Å². The smallest absolute Gasteiger partial charge is 0.137 e. The van der Waals surface area contributed by atoms with E-state index in [1.165, 1.54) is 6.33 Å². The average Bonchev–Trinajstić information content (AvgIpc) is 2.95. The Labute approximate surface area is 94.1 Å². The first-order chi connectivity index (χ1) is 7.90. The van der Waals surface area contributed by atoms with Gasteiger partial charge >= 0.3 is 0 Å². The van der Waals surface area contributed by atoms with Crippen molar-refractivity contribution in [2.75, 3.05) is 6.54 Å². The summed E-state index contributed by atoms with van der Waals surface area (Å²) in [6.07, 6.45) is 6.20. The summed E-state index contributed by atoms with van der Waals surface area (Å²) in [4.78, 5) is 8.34. The monoisotopic (exact) mass is 220 g/mol. The second-order valence-electron chi connectivity index (χ2n) is 3.49. The molecule has 0 radical (unpaired) electrons. The molecule has 0 aromatic carbocycles. The first-order valence-electron chi connectivity index (χ1n) is 5.45. The van der Waals surface area contributed by atoms with E-state index in [1.807, 2.05) is 12.4 Å². The molecule has 2 heterocycles. The predicted molar refractivity (Wildman–Crippen MR) is 59.7 cm³/mol. The van der Waals surface area contributed by atoms with Crippen molar-refractivity contribution in [2.45, 2.75) is 26.4 Å². The van der Waals surface area contributed by atoms with Crippen LogP contribution in [0.2, 0.25) is 0 Å². The Kier molecular flexibility index (Phi) is 3.66. The van der Waals surface area contributed by atoms with Crippen molar-refractivity contribution < 1.29 is 0 Å². The fraction of sp³-hybridized carbons (Fsp3) is 0.500. The molecular weight excluding hydrogens is 204 g/mol. The zero-order valence-corrected chi connectivity index (χ0v) is 9.35. The van der Waals surface area contributed by atoms with Gasteiger partial charge in [-0.25, -0.2) is 9.97 Å². The van der Waals surface area contributed by atoms with Crippen LogP contribution >= 0.6 is 0 Å². The van der Waals surface area contributed by atoms with Crippen LogP contribution in [0, 0.1) is 0 Å². The van der Waals surface area contributed by atoms with E-state index >= 15 is 0 Å². The van der Waals surface area contributed by atoms with E-state index in [4.69, 9.17) is 0 Å². The summed E-state index contributed by atoms with van der Waals surface area (Å²) in [7, 11) is 0. The van der Waals surface area contributed by atoms with Gasteiger partial charge in [-0.1, -0.05) is 0 Å². The van der Waals surface area contributed by atoms with Crippen molar-refractivity contribution in [3.05, 3.63) is 30.4 Å². The summed E-state index contributed by atoms with van der Waals surface area (Å²) in [5.74, 6) is 1.98. The SMILES string of the molecule is CCn1ccnc1CNCCc1ncn[nH]1. The third-order valence-corrected chi connectivity index (χ3v) is 2.43. The molecule has 2 aromatic heterocycles. The van der Waals surface area contributed by atoms with E-state index in [-0.39, 0.29) is 0 Å². The predicted octanol–water partition coefficient (Wildman–Crippen LogP) is 0.353. The lowest BCUT2D eigenvalue weighted by Crippen LogP contribution is -2.19. The number of hydrogen-bond donors (Lipinski definition) is 2. The Hall–Kier alpha value is -1.69. The number of aromatic nitrogens is 5. The molecule has 6 heteroatoms. The van der Waals surface area contributed by atoms with Crippen molar-refractivity contribution >= 4 is 0 Å². The van der Waals surface area contributed by atoms with Gasteiger partial charge in [0.2, 0.25) is 0 Å². The Balaban J connectivity index is 1.72. The molecule has 0 bridgehead atoms. The number of aromatic amines is 1. The van der Waals surface area contributed by atoms with Gasteiger partial charge in [0.25, 0.3) is 0 Å². The largest absolute Gasteiger partial charge is 0.334 e. The molecule has 86 valence electrons. The lowest BCUT2D eigenvalue weighted by Gasteiger charge is -2.05. The second-order valence-corrected chi connectivity index (χ2v) is 3.49. The lowest BCUT2D eigenvalue weighted by molar-refractivity contribution is 0.607. The van der Waals surface area contributed by atoms with Crippen molar-refractivity contribution in [1.82, 2.24) is 30.0 Å². The summed E-state index contributed by atoms with van der Waals surface area (Å²) in [6.45, 7) is 4.72. The van der Waals surface area contributed by atoms with Gasteiger partial charge in [-0.3, -0.25) is 5.10 Å². The van der Waals surface area contributed by atoms with Gasteiger partial charge in [-0.05, 0) is 6.92 Å².